The molecule has 1 heterocycles. The smallest absolute Gasteiger partial charge is 0.155 e. The SMILES string of the molecule is CSc1ccnc(C#N)c1SC. The molecule has 0 N–H and O–H groups in total. The van der Waals surface area contributed by atoms with Gasteiger partial charge in [-0.15, -0.1) is 23.5 Å². The van der Waals surface area contributed by atoms with E-state index < -0.39 is 0 Å². The summed E-state index contributed by atoms with van der Waals surface area (Å²) in [5, 5.41) is 8.73. The number of hydrogen-bond donors (Lipinski definition) is 0. The van der Waals surface area contributed by atoms with E-state index in [1.54, 1.807) is 29.7 Å². The first-order chi connectivity index (χ1) is 5.83. The first kappa shape index (κ1) is 9.43. The molecule has 1 rings (SSSR count). The molecule has 0 saturated heterocycles. The van der Waals surface area contributed by atoms with Crippen LogP contribution in [0.5, 0.6) is 0 Å². The number of aromatic nitrogens is 1. The number of thioether (sulfide) groups is 2. The van der Waals surface area contributed by atoms with Crippen LogP contribution in [0.2, 0.25) is 0 Å². The Balaban J connectivity index is 3.24. The van der Waals surface area contributed by atoms with Crippen LogP contribution in [0.1, 0.15) is 5.69 Å². The van der Waals surface area contributed by atoms with Gasteiger partial charge in [0.05, 0.1) is 4.90 Å². The minimum absolute atomic E-state index is 0.523. The summed E-state index contributed by atoms with van der Waals surface area (Å²) in [5.74, 6) is 0. The van der Waals surface area contributed by atoms with E-state index >= 15 is 0 Å². The molecular weight excluding hydrogens is 188 g/mol. The first-order valence-electron chi connectivity index (χ1n) is 3.30. The van der Waals surface area contributed by atoms with E-state index in [4.69, 9.17) is 5.26 Å². The zero-order valence-electron chi connectivity index (χ0n) is 6.87. The molecule has 0 radical (unpaired) electrons. The average Bonchev–Trinajstić information content (AvgIpc) is 2.16. The molecule has 2 nitrogen and oxygen atoms in total. The Morgan fingerprint density at radius 1 is 1.42 bits per heavy atom. The van der Waals surface area contributed by atoms with Gasteiger partial charge >= 0.3 is 0 Å². The summed E-state index contributed by atoms with van der Waals surface area (Å²) in [4.78, 5) is 6.08. The summed E-state index contributed by atoms with van der Waals surface area (Å²) < 4.78 is 0. The maximum Gasteiger partial charge on any atom is 0.155 e. The molecule has 62 valence electrons. The van der Waals surface area contributed by atoms with Crippen molar-refractivity contribution >= 4 is 23.5 Å². The standard InChI is InChI=1S/C8H8N2S2/c1-11-7-3-4-10-6(5-9)8(7)12-2/h3-4H,1-2H3. The molecule has 0 atom stereocenters. The number of hydrogen-bond acceptors (Lipinski definition) is 4. The van der Waals surface area contributed by atoms with Crippen molar-refractivity contribution in [1.82, 2.24) is 4.98 Å². The topological polar surface area (TPSA) is 36.7 Å². The van der Waals surface area contributed by atoms with Gasteiger partial charge < -0.3 is 0 Å². The van der Waals surface area contributed by atoms with E-state index in [0.717, 1.165) is 9.79 Å². The van der Waals surface area contributed by atoms with Gasteiger partial charge in [0.25, 0.3) is 0 Å². The second-order valence-corrected chi connectivity index (χ2v) is 3.67. The molecule has 0 fully saturated rings. The van der Waals surface area contributed by atoms with E-state index in [2.05, 4.69) is 11.1 Å². The molecular formula is C8H8N2S2. The lowest BCUT2D eigenvalue weighted by atomic mass is 10.4. The zero-order valence-corrected chi connectivity index (χ0v) is 8.50. The summed E-state index contributed by atoms with van der Waals surface area (Å²) in [6, 6.07) is 4.00. The highest BCUT2D eigenvalue weighted by molar-refractivity contribution is 8.01. The highest BCUT2D eigenvalue weighted by Gasteiger charge is 2.06. The highest BCUT2D eigenvalue weighted by atomic mass is 32.2. The van der Waals surface area contributed by atoms with Gasteiger partial charge in [0.15, 0.2) is 5.69 Å². The van der Waals surface area contributed by atoms with Crippen LogP contribution in [-0.2, 0) is 0 Å². The number of rotatable bonds is 2. The van der Waals surface area contributed by atoms with Crippen LogP contribution < -0.4 is 0 Å². The van der Waals surface area contributed by atoms with Crippen molar-refractivity contribution < 1.29 is 0 Å². The van der Waals surface area contributed by atoms with Gasteiger partial charge in [0.1, 0.15) is 6.07 Å². The second kappa shape index (κ2) is 4.39. The molecule has 0 aliphatic rings. The lowest BCUT2D eigenvalue weighted by Crippen LogP contribution is -1.87. The fourth-order valence-electron chi connectivity index (χ4n) is 0.868. The minimum Gasteiger partial charge on any atom is -0.244 e. The Labute approximate surface area is 80.4 Å². The number of nitriles is 1. The Morgan fingerprint density at radius 3 is 2.67 bits per heavy atom. The van der Waals surface area contributed by atoms with E-state index in [1.807, 2.05) is 18.6 Å². The normalized spacial score (nSPS) is 9.42. The zero-order chi connectivity index (χ0) is 8.97. The fourth-order valence-corrected chi connectivity index (χ4v) is 2.41. The van der Waals surface area contributed by atoms with Gasteiger partial charge in [0, 0.05) is 11.1 Å². The van der Waals surface area contributed by atoms with Crippen LogP contribution in [0.25, 0.3) is 0 Å². The highest BCUT2D eigenvalue weighted by Crippen LogP contribution is 2.29. The van der Waals surface area contributed by atoms with Gasteiger partial charge in [-0.3, -0.25) is 0 Å². The maximum absolute atomic E-state index is 8.73. The quantitative estimate of drug-likeness (QED) is 0.681. The van der Waals surface area contributed by atoms with Gasteiger partial charge in [-0.05, 0) is 18.6 Å². The van der Waals surface area contributed by atoms with Gasteiger partial charge in [-0.1, -0.05) is 0 Å². The van der Waals surface area contributed by atoms with Crippen molar-refractivity contribution in [2.75, 3.05) is 12.5 Å². The van der Waals surface area contributed by atoms with Crippen molar-refractivity contribution in [3.05, 3.63) is 18.0 Å². The summed E-state index contributed by atoms with van der Waals surface area (Å²) >= 11 is 3.20. The third kappa shape index (κ3) is 1.74. The lowest BCUT2D eigenvalue weighted by molar-refractivity contribution is 1.10. The third-order valence-electron chi connectivity index (χ3n) is 1.40. The minimum atomic E-state index is 0.523. The predicted molar refractivity (Wildman–Crippen MR) is 52.5 cm³/mol. The van der Waals surface area contributed by atoms with Crippen LogP contribution >= 0.6 is 23.5 Å². The van der Waals surface area contributed by atoms with Crippen LogP contribution in [-0.4, -0.2) is 17.5 Å². The molecule has 0 bridgehead atoms. The van der Waals surface area contributed by atoms with E-state index in [1.165, 1.54) is 0 Å². The summed E-state index contributed by atoms with van der Waals surface area (Å²) in [6.07, 6.45) is 5.62. The molecule has 4 heteroatoms. The van der Waals surface area contributed by atoms with Crippen LogP contribution in [0, 0.1) is 11.3 Å². The molecule has 1 aromatic heterocycles. The first-order valence-corrected chi connectivity index (χ1v) is 5.75. The monoisotopic (exact) mass is 196 g/mol. The molecule has 0 aromatic carbocycles. The summed E-state index contributed by atoms with van der Waals surface area (Å²) in [6.45, 7) is 0. The lowest BCUT2D eigenvalue weighted by Gasteiger charge is -2.03. The van der Waals surface area contributed by atoms with Crippen molar-refractivity contribution in [1.29, 1.82) is 5.26 Å². The molecule has 0 saturated carbocycles. The van der Waals surface area contributed by atoms with Crippen molar-refractivity contribution in [2.24, 2.45) is 0 Å². The van der Waals surface area contributed by atoms with Gasteiger partial charge in [0.2, 0.25) is 0 Å². The largest absolute Gasteiger partial charge is 0.244 e. The molecule has 0 aliphatic heterocycles. The molecule has 12 heavy (non-hydrogen) atoms. The maximum atomic E-state index is 8.73. The summed E-state index contributed by atoms with van der Waals surface area (Å²) in [5.41, 5.74) is 0.523. The van der Waals surface area contributed by atoms with Crippen molar-refractivity contribution in [2.45, 2.75) is 9.79 Å². The molecule has 1 aromatic rings. The van der Waals surface area contributed by atoms with Crippen LogP contribution in [0.15, 0.2) is 22.1 Å². The van der Waals surface area contributed by atoms with Crippen LogP contribution in [0.3, 0.4) is 0 Å². The van der Waals surface area contributed by atoms with Gasteiger partial charge in [-0.25, -0.2) is 4.98 Å². The van der Waals surface area contributed by atoms with Gasteiger partial charge in [-0.2, -0.15) is 5.26 Å². The predicted octanol–water partition coefficient (Wildman–Crippen LogP) is 2.40. The number of pyridine rings is 1. The fraction of sp³-hybridized carbons (Fsp3) is 0.250. The Morgan fingerprint density at radius 2 is 2.17 bits per heavy atom. The second-order valence-electron chi connectivity index (χ2n) is 2.01. The molecule has 0 spiro atoms. The van der Waals surface area contributed by atoms with E-state index in [0.29, 0.717) is 5.69 Å². The average molecular weight is 196 g/mol. The van der Waals surface area contributed by atoms with E-state index in [9.17, 15) is 0 Å². The Hall–Kier alpha value is -0.660. The Bertz CT molecular complexity index is 317. The number of nitrogens with zero attached hydrogens (tertiary/aromatic N) is 2. The van der Waals surface area contributed by atoms with Crippen molar-refractivity contribution in [3.8, 4) is 6.07 Å². The molecule has 0 unspecified atom stereocenters. The van der Waals surface area contributed by atoms with E-state index in [-0.39, 0.29) is 0 Å². The third-order valence-corrected chi connectivity index (χ3v) is 3.13. The van der Waals surface area contributed by atoms with Crippen molar-refractivity contribution in [3.63, 3.8) is 0 Å². The Kier molecular flexibility index (Phi) is 3.45. The molecule has 0 aliphatic carbocycles. The molecule has 0 amide bonds. The van der Waals surface area contributed by atoms with Crippen LogP contribution in [0.4, 0.5) is 0 Å². The summed E-state index contributed by atoms with van der Waals surface area (Å²) in [7, 11) is 0.